The first-order chi connectivity index (χ1) is 13.4. The third kappa shape index (κ3) is 4.40. The van der Waals surface area contributed by atoms with Gasteiger partial charge in [0, 0.05) is 24.5 Å². The first kappa shape index (κ1) is 20.0. The number of benzene rings is 1. The van der Waals surface area contributed by atoms with Crippen molar-refractivity contribution < 1.29 is 4.79 Å². The molecule has 1 amide bonds. The fourth-order valence-electron chi connectivity index (χ4n) is 2.68. The molecule has 2 heterocycles. The number of hydrogen-bond donors (Lipinski definition) is 1. The highest BCUT2D eigenvalue weighted by molar-refractivity contribution is 6.39. The lowest BCUT2D eigenvalue weighted by Crippen LogP contribution is -2.31. The number of hydrogen-bond acceptors (Lipinski definition) is 5. The molecule has 1 N–H and O–H groups in total. The van der Waals surface area contributed by atoms with Crippen molar-refractivity contribution in [2.24, 2.45) is 0 Å². The van der Waals surface area contributed by atoms with Gasteiger partial charge in [0.1, 0.15) is 11.5 Å². The zero-order valence-corrected chi connectivity index (χ0v) is 17.2. The second kappa shape index (κ2) is 8.54. The molecule has 1 aromatic carbocycles. The molecule has 0 radical (unpaired) electrons. The average Bonchev–Trinajstić information content (AvgIpc) is 2.67. The predicted molar refractivity (Wildman–Crippen MR) is 113 cm³/mol. The Morgan fingerprint density at radius 2 is 1.79 bits per heavy atom. The zero-order chi connectivity index (χ0) is 20.3. The van der Waals surface area contributed by atoms with E-state index in [0.29, 0.717) is 33.1 Å². The number of halogens is 2. The van der Waals surface area contributed by atoms with Gasteiger partial charge in [0.15, 0.2) is 5.82 Å². The number of rotatable bonds is 5. The summed E-state index contributed by atoms with van der Waals surface area (Å²) in [5, 5.41) is 3.53. The van der Waals surface area contributed by atoms with Crippen molar-refractivity contribution >= 4 is 40.6 Å². The predicted octanol–water partition coefficient (Wildman–Crippen LogP) is 4.54. The first-order valence-corrected chi connectivity index (χ1v) is 9.34. The monoisotopic (exact) mass is 415 g/mol. The summed E-state index contributed by atoms with van der Waals surface area (Å²) in [4.78, 5) is 27.7. The van der Waals surface area contributed by atoms with Gasteiger partial charge < -0.3 is 10.2 Å². The fraction of sp³-hybridized carbons (Fsp3) is 0.200. The van der Waals surface area contributed by atoms with Gasteiger partial charge >= 0.3 is 0 Å². The molecule has 144 valence electrons. The van der Waals surface area contributed by atoms with E-state index in [1.807, 2.05) is 32.0 Å². The van der Waals surface area contributed by atoms with Crippen molar-refractivity contribution in [1.29, 1.82) is 0 Å². The van der Waals surface area contributed by atoms with Gasteiger partial charge in [0.25, 0.3) is 0 Å². The van der Waals surface area contributed by atoms with E-state index in [2.05, 4.69) is 20.3 Å². The highest BCUT2D eigenvalue weighted by Crippen LogP contribution is 2.30. The van der Waals surface area contributed by atoms with Gasteiger partial charge in [-0.3, -0.25) is 9.78 Å². The molecule has 0 unspecified atom stereocenters. The Hall–Kier alpha value is -2.70. The minimum absolute atomic E-state index is 0.0699. The van der Waals surface area contributed by atoms with Crippen LogP contribution >= 0.6 is 23.2 Å². The van der Waals surface area contributed by atoms with Gasteiger partial charge in [-0.2, -0.15) is 0 Å². The molecule has 2 aromatic heterocycles. The Balaban J connectivity index is 1.83. The quantitative estimate of drug-likeness (QED) is 0.662. The second-order valence-electron chi connectivity index (χ2n) is 6.30. The van der Waals surface area contributed by atoms with Crippen molar-refractivity contribution in [3.63, 3.8) is 0 Å². The van der Waals surface area contributed by atoms with Gasteiger partial charge in [0.2, 0.25) is 5.91 Å². The van der Waals surface area contributed by atoms with Crippen LogP contribution in [0.15, 0.2) is 42.6 Å². The number of pyridine rings is 1. The lowest BCUT2D eigenvalue weighted by molar-refractivity contribution is -0.114. The van der Waals surface area contributed by atoms with Crippen molar-refractivity contribution in [2.75, 3.05) is 23.8 Å². The van der Waals surface area contributed by atoms with Crippen LogP contribution in [0.2, 0.25) is 10.0 Å². The van der Waals surface area contributed by atoms with E-state index in [1.165, 1.54) is 0 Å². The molecule has 0 aliphatic heterocycles. The first-order valence-electron chi connectivity index (χ1n) is 8.58. The van der Waals surface area contributed by atoms with Crippen LogP contribution in [0.4, 0.5) is 11.5 Å². The maximum absolute atomic E-state index is 12.5. The zero-order valence-electron chi connectivity index (χ0n) is 15.7. The highest BCUT2D eigenvalue weighted by Gasteiger charge is 2.17. The van der Waals surface area contributed by atoms with Crippen LogP contribution in [-0.2, 0) is 4.79 Å². The number of anilines is 2. The summed E-state index contributed by atoms with van der Waals surface area (Å²) in [5.74, 6) is 0.918. The summed E-state index contributed by atoms with van der Waals surface area (Å²) >= 11 is 12.2. The maximum Gasteiger partial charge on any atom is 0.244 e. The van der Waals surface area contributed by atoms with Gasteiger partial charge in [-0.25, -0.2) is 9.97 Å². The molecule has 0 aliphatic rings. The van der Waals surface area contributed by atoms with Crippen molar-refractivity contribution in [2.45, 2.75) is 13.8 Å². The van der Waals surface area contributed by atoms with E-state index < -0.39 is 0 Å². The number of nitrogens with zero attached hydrogens (tertiary/aromatic N) is 4. The molecule has 0 fully saturated rings. The van der Waals surface area contributed by atoms with Crippen LogP contribution in [0.25, 0.3) is 11.5 Å². The van der Waals surface area contributed by atoms with E-state index in [4.69, 9.17) is 23.2 Å². The summed E-state index contributed by atoms with van der Waals surface area (Å²) in [7, 11) is 1.80. The molecule has 0 saturated carbocycles. The molecular formula is C20H19Cl2N5O. The van der Waals surface area contributed by atoms with E-state index in [1.54, 1.807) is 36.3 Å². The highest BCUT2D eigenvalue weighted by atomic mass is 35.5. The smallest absolute Gasteiger partial charge is 0.244 e. The minimum atomic E-state index is -0.257. The van der Waals surface area contributed by atoms with Crippen LogP contribution in [0, 0.1) is 13.8 Å². The lowest BCUT2D eigenvalue weighted by atomic mass is 10.2. The Morgan fingerprint density at radius 3 is 2.43 bits per heavy atom. The fourth-order valence-corrected chi connectivity index (χ4v) is 3.17. The number of para-hydroxylation sites is 1. The third-order valence-electron chi connectivity index (χ3n) is 4.23. The number of nitrogens with one attached hydrogen (secondary N) is 1. The Morgan fingerprint density at radius 1 is 1.07 bits per heavy atom. The van der Waals surface area contributed by atoms with Gasteiger partial charge in [0.05, 0.1) is 22.3 Å². The Labute approximate surface area is 173 Å². The van der Waals surface area contributed by atoms with E-state index in [-0.39, 0.29) is 12.5 Å². The third-order valence-corrected chi connectivity index (χ3v) is 4.86. The van der Waals surface area contributed by atoms with Crippen molar-refractivity contribution in [3.8, 4) is 11.5 Å². The molecule has 0 bridgehead atoms. The van der Waals surface area contributed by atoms with E-state index in [0.717, 1.165) is 11.3 Å². The van der Waals surface area contributed by atoms with Gasteiger partial charge in [-0.1, -0.05) is 35.3 Å². The van der Waals surface area contributed by atoms with E-state index >= 15 is 0 Å². The van der Waals surface area contributed by atoms with Gasteiger partial charge in [-0.15, -0.1) is 0 Å². The topological polar surface area (TPSA) is 71.0 Å². The number of carbonyl (C=O) groups excluding carboxylic acids is 1. The molecule has 0 aliphatic carbocycles. The summed E-state index contributed by atoms with van der Waals surface area (Å²) in [6.45, 7) is 3.90. The molecule has 0 atom stereocenters. The van der Waals surface area contributed by atoms with Gasteiger partial charge in [-0.05, 0) is 38.1 Å². The SMILES string of the molecule is Cc1nc(-c2ccccn2)nc(N(C)CC(=O)Nc2c(Cl)cccc2Cl)c1C. The molecule has 3 aromatic rings. The standard InChI is InChI=1S/C20H19Cl2N5O/c1-12-13(2)24-19(16-9-4-5-10-23-16)26-20(12)27(3)11-17(28)25-18-14(21)7-6-8-15(18)22/h4-10H,11H2,1-3H3,(H,25,28). The second-order valence-corrected chi connectivity index (χ2v) is 7.11. The van der Waals surface area contributed by atoms with Crippen LogP contribution in [0.3, 0.4) is 0 Å². The summed E-state index contributed by atoms with van der Waals surface area (Å²) in [5.41, 5.74) is 2.79. The number of amides is 1. The summed E-state index contributed by atoms with van der Waals surface area (Å²) in [6, 6.07) is 10.6. The molecule has 8 heteroatoms. The number of aryl methyl sites for hydroxylation is 1. The molecule has 0 saturated heterocycles. The van der Waals surface area contributed by atoms with Crippen molar-refractivity contribution in [3.05, 3.63) is 63.9 Å². The largest absolute Gasteiger partial charge is 0.350 e. The molecule has 3 rings (SSSR count). The molecule has 6 nitrogen and oxygen atoms in total. The van der Waals surface area contributed by atoms with Crippen LogP contribution in [0.1, 0.15) is 11.3 Å². The van der Waals surface area contributed by atoms with Crippen LogP contribution < -0.4 is 10.2 Å². The van der Waals surface area contributed by atoms with Crippen LogP contribution in [-0.4, -0.2) is 34.5 Å². The maximum atomic E-state index is 12.5. The van der Waals surface area contributed by atoms with Crippen molar-refractivity contribution in [1.82, 2.24) is 15.0 Å². The molecular weight excluding hydrogens is 397 g/mol. The molecule has 28 heavy (non-hydrogen) atoms. The van der Waals surface area contributed by atoms with E-state index in [9.17, 15) is 4.79 Å². The summed E-state index contributed by atoms with van der Waals surface area (Å²) in [6.07, 6.45) is 1.69. The number of carbonyl (C=O) groups is 1. The van der Waals surface area contributed by atoms with Crippen LogP contribution in [0.5, 0.6) is 0 Å². The number of aromatic nitrogens is 3. The summed E-state index contributed by atoms with van der Waals surface area (Å²) < 4.78 is 0. The molecule has 0 spiro atoms. The Bertz CT molecular complexity index is 991. The minimum Gasteiger partial charge on any atom is -0.350 e. The lowest BCUT2D eigenvalue weighted by Gasteiger charge is -2.21. The number of likely N-dealkylation sites (N-methyl/N-ethyl adjacent to an activating group) is 1. The Kier molecular flexibility index (Phi) is 6.11. The normalized spacial score (nSPS) is 10.6. The average molecular weight is 416 g/mol.